The summed E-state index contributed by atoms with van der Waals surface area (Å²) in [7, 11) is 1.78. The van der Waals surface area contributed by atoms with Gasteiger partial charge in [-0.2, -0.15) is 5.10 Å². The van der Waals surface area contributed by atoms with Crippen LogP contribution in [-0.2, 0) is 20.7 Å². The summed E-state index contributed by atoms with van der Waals surface area (Å²) in [6.07, 6.45) is 4.50. The molecular weight excluding hydrogens is 346 g/mol. The van der Waals surface area contributed by atoms with Crippen LogP contribution in [0.5, 0.6) is 0 Å². The normalized spacial score (nSPS) is 16.1. The molecule has 1 atom stereocenters. The molecule has 0 bridgehead atoms. The predicted octanol–water partition coefficient (Wildman–Crippen LogP) is 2.19. The Labute approximate surface area is 157 Å². The maximum atomic E-state index is 12.6. The molecule has 0 spiro atoms. The van der Waals surface area contributed by atoms with E-state index in [9.17, 15) is 14.4 Å². The maximum absolute atomic E-state index is 12.6. The highest BCUT2D eigenvalue weighted by Crippen LogP contribution is 2.22. The van der Waals surface area contributed by atoms with Crippen molar-refractivity contribution < 1.29 is 14.3 Å². The lowest BCUT2D eigenvalue weighted by molar-refractivity contribution is -0.159. The number of nitrogens with zero attached hydrogens (tertiary/aromatic N) is 2. The van der Waals surface area contributed by atoms with Crippen molar-refractivity contribution in [3.05, 3.63) is 40.3 Å². The van der Waals surface area contributed by atoms with Gasteiger partial charge in [0.1, 0.15) is 0 Å². The van der Waals surface area contributed by atoms with Gasteiger partial charge in [0.2, 0.25) is 0 Å². The highest BCUT2D eigenvalue weighted by atomic mass is 16.5. The third-order valence-electron chi connectivity index (χ3n) is 5.21. The van der Waals surface area contributed by atoms with E-state index in [2.05, 4.69) is 10.2 Å². The smallest absolute Gasteiger partial charge is 0.312 e. The zero-order valence-electron chi connectivity index (χ0n) is 15.7. The second kappa shape index (κ2) is 8.33. The number of benzene rings is 1. The lowest BCUT2D eigenvalue weighted by atomic mass is 9.94. The van der Waals surface area contributed by atoms with E-state index in [4.69, 9.17) is 4.74 Å². The van der Waals surface area contributed by atoms with E-state index in [0.717, 1.165) is 25.7 Å². The molecule has 1 fully saturated rings. The van der Waals surface area contributed by atoms with Gasteiger partial charge in [0.25, 0.3) is 11.5 Å². The Balaban J connectivity index is 1.64. The van der Waals surface area contributed by atoms with Crippen LogP contribution >= 0.6 is 0 Å². The standard InChI is InChI=1S/C20H25N3O4/c1-13(20(26)23(2)14-8-4-3-5-9-14)27-18(24)12-17-15-10-6-7-11-16(15)19(25)22-21-17/h6-7,10-11,13-14H,3-5,8-9,12H2,1-2H3,(H,22,25)/t13-/m1/s1. The van der Waals surface area contributed by atoms with Crippen LogP contribution in [0.2, 0.25) is 0 Å². The lowest BCUT2D eigenvalue weighted by Gasteiger charge is -2.32. The minimum atomic E-state index is -0.849. The fraction of sp³-hybridized carbons (Fsp3) is 0.500. The van der Waals surface area contributed by atoms with E-state index < -0.39 is 12.1 Å². The number of amides is 1. The molecule has 0 radical (unpaired) electrons. The second-order valence-corrected chi connectivity index (χ2v) is 7.09. The Morgan fingerprint density at radius 2 is 1.89 bits per heavy atom. The Morgan fingerprint density at radius 1 is 1.22 bits per heavy atom. The summed E-state index contributed by atoms with van der Waals surface area (Å²) < 4.78 is 5.35. The molecule has 2 aromatic rings. The van der Waals surface area contributed by atoms with Gasteiger partial charge >= 0.3 is 5.97 Å². The fourth-order valence-corrected chi connectivity index (χ4v) is 3.67. The van der Waals surface area contributed by atoms with Gasteiger partial charge in [-0.3, -0.25) is 14.4 Å². The van der Waals surface area contributed by atoms with Crippen molar-refractivity contribution in [2.75, 3.05) is 7.05 Å². The second-order valence-electron chi connectivity index (χ2n) is 7.09. The molecule has 1 N–H and O–H groups in total. The van der Waals surface area contributed by atoms with Gasteiger partial charge in [-0.1, -0.05) is 37.5 Å². The van der Waals surface area contributed by atoms with Crippen LogP contribution in [0.25, 0.3) is 10.8 Å². The zero-order valence-corrected chi connectivity index (χ0v) is 15.7. The average molecular weight is 371 g/mol. The summed E-state index contributed by atoms with van der Waals surface area (Å²) in [5, 5.41) is 7.45. The Hall–Kier alpha value is -2.70. The minimum absolute atomic E-state index is 0.109. The molecule has 1 saturated carbocycles. The van der Waals surface area contributed by atoms with Crippen LogP contribution < -0.4 is 5.56 Å². The molecule has 0 unspecified atom stereocenters. The topological polar surface area (TPSA) is 92.4 Å². The number of rotatable bonds is 5. The highest BCUT2D eigenvalue weighted by Gasteiger charge is 2.27. The van der Waals surface area contributed by atoms with Crippen molar-refractivity contribution in [3.63, 3.8) is 0 Å². The molecule has 7 nitrogen and oxygen atoms in total. The van der Waals surface area contributed by atoms with Crippen molar-refractivity contribution in [1.29, 1.82) is 0 Å². The minimum Gasteiger partial charge on any atom is -0.452 e. The molecule has 1 heterocycles. The molecule has 27 heavy (non-hydrogen) atoms. The molecular formula is C20H25N3O4. The van der Waals surface area contributed by atoms with Crippen LogP contribution in [0, 0.1) is 0 Å². The quantitative estimate of drug-likeness (QED) is 0.814. The molecule has 1 aliphatic carbocycles. The van der Waals surface area contributed by atoms with E-state index in [0.29, 0.717) is 16.5 Å². The summed E-state index contributed by atoms with van der Waals surface area (Å²) in [5.41, 5.74) is 0.121. The molecule has 1 aliphatic rings. The number of likely N-dealkylation sites (N-methyl/N-ethyl adjacent to an activating group) is 1. The zero-order chi connectivity index (χ0) is 19.4. The van der Waals surface area contributed by atoms with Crippen molar-refractivity contribution in [2.45, 2.75) is 57.6 Å². The number of carbonyl (C=O) groups excluding carboxylic acids is 2. The molecule has 144 valence electrons. The first-order valence-corrected chi connectivity index (χ1v) is 9.40. The van der Waals surface area contributed by atoms with E-state index in [-0.39, 0.29) is 23.9 Å². The molecule has 3 rings (SSSR count). The number of aromatic amines is 1. The average Bonchev–Trinajstić information content (AvgIpc) is 2.69. The Bertz CT molecular complexity index is 886. The maximum Gasteiger partial charge on any atom is 0.312 e. The van der Waals surface area contributed by atoms with Crippen LogP contribution in [0.4, 0.5) is 0 Å². The predicted molar refractivity (Wildman–Crippen MR) is 101 cm³/mol. The molecule has 7 heteroatoms. The van der Waals surface area contributed by atoms with Gasteiger partial charge in [-0.15, -0.1) is 0 Å². The largest absolute Gasteiger partial charge is 0.452 e. The van der Waals surface area contributed by atoms with Gasteiger partial charge in [0.15, 0.2) is 6.10 Å². The van der Waals surface area contributed by atoms with Gasteiger partial charge in [-0.25, -0.2) is 5.10 Å². The summed E-state index contributed by atoms with van der Waals surface area (Å²) in [6, 6.07) is 7.17. The number of carbonyl (C=O) groups is 2. The first-order valence-electron chi connectivity index (χ1n) is 9.40. The van der Waals surface area contributed by atoms with E-state index in [1.807, 2.05) is 0 Å². The third-order valence-corrected chi connectivity index (χ3v) is 5.21. The van der Waals surface area contributed by atoms with Crippen LogP contribution in [0.3, 0.4) is 0 Å². The number of nitrogens with one attached hydrogen (secondary N) is 1. The Kier molecular flexibility index (Phi) is 5.88. The summed E-state index contributed by atoms with van der Waals surface area (Å²) in [6.45, 7) is 1.60. The number of aromatic nitrogens is 2. The number of hydrogen-bond donors (Lipinski definition) is 1. The van der Waals surface area contributed by atoms with E-state index in [1.54, 1.807) is 43.1 Å². The summed E-state index contributed by atoms with van der Waals surface area (Å²) in [5.74, 6) is -0.730. The van der Waals surface area contributed by atoms with E-state index in [1.165, 1.54) is 6.42 Å². The SMILES string of the molecule is C[C@@H](OC(=O)Cc1n[nH]c(=O)c2ccccc12)C(=O)N(C)C1CCCCC1. The Morgan fingerprint density at radius 3 is 2.59 bits per heavy atom. The highest BCUT2D eigenvalue weighted by molar-refractivity contribution is 5.88. The molecule has 1 amide bonds. The third kappa shape index (κ3) is 4.35. The molecule has 1 aromatic heterocycles. The van der Waals surface area contributed by atoms with Crippen LogP contribution in [-0.4, -0.2) is 46.2 Å². The number of ether oxygens (including phenoxy) is 1. The first kappa shape index (κ1) is 19.1. The van der Waals surface area contributed by atoms with Crippen molar-refractivity contribution >= 4 is 22.6 Å². The van der Waals surface area contributed by atoms with Crippen LogP contribution in [0.15, 0.2) is 29.1 Å². The van der Waals surface area contributed by atoms with Gasteiger partial charge < -0.3 is 9.64 Å². The van der Waals surface area contributed by atoms with Crippen LogP contribution in [0.1, 0.15) is 44.7 Å². The molecule has 0 saturated heterocycles. The van der Waals surface area contributed by atoms with Crippen molar-refractivity contribution in [2.24, 2.45) is 0 Å². The number of hydrogen-bond acceptors (Lipinski definition) is 5. The van der Waals surface area contributed by atoms with Gasteiger partial charge in [0.05, 0.1) is 17.5 Å². The lowest BCUT2D eigenvalue weighted by Crippen LogP contribution is -2.44. The number of fused-ring (bicyclic) bond motifs is 1. The molecule has 0 aliphatic heterocycles. The van der Waals surface area contributed by atoms with Gasteiger partial charge in [-0.05, 0) is 25.8 Å². The monoisotopic (exact) mass is 371 g/mol. The first-order chi connectivity index (χ1) is 13.0. The number of esters is 1. The van der Waals surface area contributed by atoms with E-state index >= 15 is 0 Å². The fourth-order valence-electron chi connectivity index (χ4n) is 3.67. The molecule has 1 aromatic carbocycles. The van der Waals surface area contributed by atoms with Gasteiger partial charge in [0, 0.05) is 18.5 Å². The number of H-pyrrole nitrogens is 1. The van der Waals surface area contributed by atoms with Crippen molar-refractivity contribution in [1.82, 2.24) is 15.1 Å². The summed E-state index contributed by atoms with van der Waals surface area (Å²) >= 11 is 0. The van der Waals surface area contributed by atoms with Crippen molar-refractivity contribution in [3.8, 4) is 0 Å². The summed E-state index contributed by atoms with van der Waals surface area (Å²) in [4.78, 5) is 38.4.